The Morgan fingerprint density at radius 3 is 1.86 bits per heavy atom. The van der Waals surface area contributed by atoms with Crippen LogP contribution in [0.4, 0.5) is 0 Å². The summed E-state index contributed by atoms with van der Waals surface area (Å²) in [5, 5.41) is 3.27. The largest absolute Gasteiger partial charge is 0.349 e. The molecule has 5 saturated carbocycles. The van der Waals surface area contributed by atoms with E-state index in [1.54, 1.807) is 6.20 Å². The summed E-state index contributed by atoms with van der Waals surface area (Å²) >= 11 is 0. The molecule has 3 unspecified atom stereocenters. The minimum absolute atomic E-state index is 0.0130. The summed E-state index contributed by atoms with van der Waals surface area (Å²) in [5.74, 6) is 2.97. The van der Waals surface area contributed by atoms with Gasteiger partial charge in [-0.15, -0.1) is 0 Å². The molecule has 4 N–H and O–H groups in total. The predicted molar refractivity (Wildman–Crippen MR) is 234 cm³/mol. The van der Waals surface area contributed by atoms with Gasteiger partial charge in [-0.25, -0.2) is 14.2 Å². The number of amides is 1. The van der Waals surface area contributed by atoms with Crippen molar-refractivity contribution in [3.8, 4) is 0 Å². The third kappa shape index (κ3) is 15.7. The quantitative estimate of drug-likeness (QED) is 0.161. The highest BCUT2D eigenvalue weighted by atomic mass is 32.2. The Kier molecular flexibility index (Phi) is 20.2. The maximum Gasteiger partial charge on any atom is 0.255 e. The van der Waals surface area contributed by atoms with Crippen LogP contribution < -0.4 is 11.1 Å². The topological polar surface area (TPSA) is 143 Å². The van der Waals surface area contributed by atoms with Crippen LogP contribution in [-0.2, 0) is 15.8 Å². The van der Waals surface area contributed by atoms with Crippen molar-refractivity contribution in [2.24, 2.45) is 33.8 Å². The number of aromatic nitrogens is 3. The van der Waals surface area contributed by atoms with Crippen LogP contribution in [0.25, 0.3) is 11.2 Å². The Morgan fingerprint density at radius 1 is 0.839 bits per heavy atom. The third-order valence-electron chi connectivity index (χ3n) is 12.7. The highest BCUT2D eigenvalue weighted by molar-refractivity contribution is 7.85. The lowest BCUT2D eigenvalue weighted by Crippen LogP contribution is -2.40. The van der Waals surface area contributed by atoms with Crippen molar-refractivity contribution in [3.63, 3.8) is 0 Å². The number of hydrogen-bond acceptors (Lipinski definition) is 6. The molecule has 3 atom stereocenters. The standard InChI is InChI=1S/C19H26N4O.C11H21NOS.C9H19N.C7H12O/c1-2-15(12-6-4-3-5-7-12)23-19(24)14-10-20-18-17(14)22-16(11-21-18)13-8-9-13;1-11(2,3)14(13)12-9-10-7-5-4-6-8-10;1-2-9(10)8-6-4-3-5-7-8;8-6-7-4-2-1-3-5-7/h10-13,15H,2-9H2,1H3,(H,20,21)(H,23,24);9-10H,4-8H2,1-3H3;8-9H,2-7,10H2,1H3;6-7H,1-5H2. The Bertz CT molecular complexity index is 1480. The van der Waals surface area contributed by atoms with E-state index in [2.05, 4.69) is 33.5 Å². The number of aldehydes is 1. The molecule has 7 rings (SSSR count). The molecule has 2 aromatic rings. The Morgan fingerprint density at radius 2 is 1.38 bits per heavy atom. The number of fused-ring (bicyclic) bond motifs is 1. The normalized spacial score (nSPS) is 22.0. The summed E-state index contributed by atoms with van der Waals surface area (Å²) in [7, 11) is -1.07. The molecule has 0 radical (unpaired) electrons. The van der Waals surface area contributed by atoms with E-state index in [4.69, 9.17) is 10.7 Å². The van der Waals surface area contributed by atoms with E-state index in [0.717, 1.165) is 49.1 Å². The van der Waals surface area contributed by atoms with E-state index >= 15 is 0 Å². The number of nitrogens with one attached hydrogen (secondary N) is 2. The number of aromatic amines is 1. The van der Waals surface area contributed by atoms with Crippen molar-refractivity contribution in [2.75, 3.05) is 0 Å². The van der Waals surface area contributed by atoms with Crippen LogP contribution in [0.3, 0.4) is 0 Å². The lowest BCUT2D eigenvalue weighted by atomic mass is 9.83. The van der Waals surface area contributed by atoms with Crippen molar-refractivity contribution in [1.82, 2.24) is 20.3 Å². The average Bonchev–Trinajstić information content (AvgIpc) is 4.01. The molecule has 5 fully saturated rings. The van der Waals surface area contributed by atoms with Gasteiger partial charge in [-0.05, 0) is 116 Å². The molecule has 5 aliphatic carbocycles. The number of H-pyrrole nitrogens is 1. The van der Waals surface area contributed by atoms with Gasteiger partial charge in [0.2, 0.25) is 0 Å². The van der Waals surface area contributed by atoms with Crippen LogP contribution in [0.1, 0.15) is 211 Å². The first kappa shape index (κ1) is 46.2. The first-order valence-corrected chi connectivity index (χ1v) is 24.0. The van der Waals surface area contributed by atoms with Crippen LogP contribution >= 0.6 is 0 Å². The molecule has 1 amide bonds. The van der Waals surface area contributed by atoms with Crippen LogP contribution in [0, 0.1) is 23.7 Å². The second-order valence-corrected chi connectivity index (χ2v) is 20.3. The minimum atomic E-state index is -1.07. The molecular formula is C46H78N6O3S. The van der Waals surface area contributed by atoms with E-state index in [1.165, 1.54) is 128 Å². The van der Waals surface area contributed by atoms with Crippen LogP contribution in [-0.4, -0.2) is 54.4 Å². The Hall–Kier alpha value is -2.46. The molecule has 10 heteroatoms. The van der Waals surface area contributed by atoms with Crippen molar-refractivity contribution >= 4 is 40.6 Å². The van der Waals surface area contributed by atoms with Gasteiger partial charge in [0.15, 0.2) is 5.65 Å². The number of carbonyl (C=O) groups is 2. The summed E-state index contributed by atoms with van der Waals surface area (Å²) in [5.41, 5.74) is 9.03. The number of carbonyl (C=O) groups excluding carboxylic acids is 2. The number of nitrogens with zero attached hydrogens (tertiary/aromatic N) is 3. The van der Waals surface area contributed by atoms with Gasteiger partial charge in [-0.2, -0.15) is 4.40 Å². The summed E-state index contributed by atoms with van der Waals surface area (Å²) in [6.45, 7) is 10.2. The molecule has 2 aromatic heterocycles. The van der Waals surface area contributed by atoms with Crippen molar-refractivity contribution in [1.29, 1.82) is 0 Å². The zero-order chi connectivity index (χ0) is 40.3. The first-order chi connectivity index (χ1) is 27.0. The van der Waals surface area contributed by atoms with Gasteiger partial charge in [-0.3, -0.25) is 4.79 Å². The second kappa shape index (κ2) is 24.5. The summed E-state index contributed by atoms with van der Waals surface area (Å²) in [4.78, 5) is 35.2. The van der Waals surface area contributed by atoms with Gasteiger partial charge in [-0.1, -0.05) is 90.9 Å². The Labute approximate surface area is 342 Å². The van der Waals surface area contributed by atoms with E-state index in [1.807, 2.05) is 33.2 Å². The summed E-state index contributed by atoms with van der Waals surface area (Å²) in [6.07, 6.45) is 37.1. The molecular weight excluding hydrogens is 717 g/mol. The SMILES string of the molecule is CC(C)(C)S(=O)N=CC1CCCCC1.CCC(N)C1CCCCC1.CCC(NC(=O)c1c[nH]c2ncc(C3CC3)nc12)C1CCCCC1.O=CC1CCCCC1. The van der Waals surface area contributed by atoms with E-state index < -0.39 is 11.0 Å². The third-order valence-corrected chi connectivity index (χ3v) is 14.1. The zero-order valence-corrected chi connectivity index (χ0v) is 36.7. The van der Waals surface area contributed by atoms with Gasteiger partial charge in [0.25, 0.3) is 5.91 Å². The number of hydrogen-bond donors (Lipinski definition) is 3. The molecule has 0 aliphatic heterocycles. The maximum atomic E-state index is 12.8. The number of rotatable bonds is 10. The second-order valence-electron chi connectivity index (χ2n) is 18.4. The van der Waals surface area contributed by atoms with Gasteiger partial charge in [0.05, 0.1) is 22.2 Å². The maximum absolute atomic E-state index is 12.8. The highest BCUT2D eigenvalue weighted by Gasteiger charge is 2.28. The smallest absolute Gasteiger partial charge is 0.255 e. The van der Waals surface area contributed by atoms with Gasteiger partial charge < -0.3 is 20.8 Å². The predicted octanol–water partition coefficient (Wildman–Crippen LogP) is 11.1. The summed E-state index contributed by atoms with van der Waals surface area (Å²) in [6, 6.07) is 0.752. The fourth-order valence-corrected chi connectivity index (χ4v) is 9.34. The van der Waals surface area contributed by atoms with Crippen molar-refractivity contribution < 1.29 is 13.8 Å². The fraction of sp³-hybridized carbons (Fsp3) is 0.804. The summed E-state index contributed by atoms with van der Waals surface area (Å²) < 4.78 is 15.6. The number of nitrogens with two attached hydrogens (primary N) is 1. The van der Waals surface area contributed by atoms with Crippen molar-refractivity contribution in [2.45, 2.75) is 211 Å². The molecule has 9 nitrogen and oxygen atoms in total. The first-order valence-electron chi connectivity index (χ1n) is 22.9. The molecule has 2 heterocycles. The zero-order valence-electron chi connectivity index (χ0n) is 35.9. The molecule has 0 aromatic carbocycles. The molecule has 5 aliphatic rings. The fourth-order valence-electron chi connectivity index (χ4n) is 8.74. The van der Waals surface area contributed by atoms with Gasteiger partial charge in [0.1, 0.15) is 22.8 Å². The molecule has 56 heavy (non-hydrogen) atoms. The average molecular weight is 795 g/mol. The van der Waals surface area contributed by atoms with Crippen molar-refractivity contribution in [3.05, 3.63) is 23.7 Å². The van der Waals surface area contributed by atoms with Gasteiger partial charge in [0, 0.05) is 36.3 Å². The molecule has 316 valence electrons. The molecule has 0 saturated heterocycles. The van der Waals surface area contributed by atoms with Gasteiger partial charge >= 0.3 is 0 Å². The molecule has 0 spiro atoms. The van der Waals surface area contributed by atoms with Crippen LogP contribution in [0.2, 0.25) is 0 Å². The molecule has 0 bridgehead atoms. The van der Waals surface area contributed by atoms with E-state index in [0.29, 0.717) is 40.9 Å². The van der Waals surface area contributed by atoms with Crippen LogP contribution in [0.15, 0.2) is 16.8 Å². The lowest BCUT2D eigenvalue weighted by Gasteiger charge is -2.30. The highest BCUT2D eigenvalue weighted by Crippen LogP contribution is 2.39. The lowest BCUT2D eigenvalue weighted by molar-refractivity contribution is -0.111. The van der Waals surface area contributed by atoms with Crippen LogP contribution in [0.5, 0.6) is 0 Å². The minimum Gasteiger partial charge on any atom is -0.349 e. The monoisotopic (exact) mass is 795 g/mol. The Balaban J connectivity index is 0.000000184. The van der Waals surface area contributed by atoms with E-state index in [9.17, 15) is 13.8 Å². The van der Waals surface area contributed by atoms with E-state index in [-0.39, 0.29) is 16.7 Å².